The van der Waals surface area contributed by atoms with Crippen LogP contribution >= 0.6 is 11.6 Å². The number of anilines is 1. The van der Waals surface area contributed by atoms with Crippen molar-refractivity contribution in [1.29, 1.82) is 0 Å². The van der Waals surface area contributed by atoms with Crippen molar-refractivity contribution in [3.05, 3.63) is 29.3 Å². The highest BCUT2D eigenvalue weighted by molar-refractivity contribution is 6.30. The van der Waals surface area contributed by atoms with Gasteiger partial charge in [0.2, 0.25) is 5.91 Å². The molecular formula is C13H16ClN3O2. The fraction of sp³-hybridized carbons (Fsp3) is 0.385. The lowest BCUT2D eigenvalue weighted by atomic mass is 9.61. The summed E-state index contributed by atoms with van der Waals surface area (Å²) in [4.78, 5) is 12.3. The van der Waals surface area contributed by atoms with Crippen LogP contribution in [0.5, 0.6) is 0 Å². The van der Waals surface area contributed by atoms with Crippen LogP contribution in [0.1, 0.15) is 19.8 Å². The Balaban J connectivity index is 2.15. The van der Waals surface area contributed by atoms with E-state index in [0.29, 0.717) is 29.5 Å². The Hall–Kier alpha value is -1.75. The SMILES string of the molecule is CC1CC(C(=O)Nc2ccc(Cl)cc2)(/C(N)=N/O)C1. The molecule has 0 bridgehead atoms. The minimum absolute atomic E-state index is 0.0305. The van der Waals surface area contributed by atoms with Crippen LogP contribution in [0.2, 0.25) is 5.02 Å². The first-order chi connectivity index (χ1) is 8.98. The average Bonchev–Trinajstić information content (AvgIpc) is 2.36. The number of carbonyl (C=O) groups is 1. The van der Waals surface area contributed by atoms with Crippen molar-refractivity contribution >= 4 is 29.0 Å². The minimum Gasteiger partial charge on any atom is -0.409 e. The number of benzene rings is 1. The molecule has 102 valence electrons. The van der Waals surface area contributed by atoms with Crippen LogP contribution in [-0.4, -0.2) is 17.0 Å². The number of rotatable bonds is 3. The van der Waals surface area contributed by atoms with Gasteiger partial charge in [-0.15, -0.1) is 0 Å². The second kappa shape index (κ2) is 5.09. The van der Waals surface area contributed by atoms with E-state index in [-0.39, 0.29) is 11.7 Å². The molecule has 0 spiro atoms. The Morgan fingerprint density at radius 2 is 2.05 bits per heavy atom. The van der Waals surface area contributed by atoms with E-state index < -0.39 is 5.41 Å². The Morgan fingerprint density at radius 3 is 2.53 bits per heavy atom. The van der Waals surface area contributed by atoms with Crippen molar-refractivity contribution in [3.63, 3.8) is 0 Å². The number of amides is 1. The van der Waals surface area contributed by atoms with Crippen LogP contribution in [0.25, 0.3) is 0 Å². The summed E-state index contributed by atoms with van der Waals surface area (Å²) in [6.07, 6.45) is 1.17. The summed E-state index contributed by atoms with van der Waals surface area (Å²) in [5.41, 5.74) is 5.42. The maximum Gasteiger partial charge on any atom is 0.238 e. The quantitative estimate of drug-likeness (QED) is 0.344. The van der Waals surface area contributed by atoms with Gasteiger partial charge < -0.3 is 16.3 Å². The molecule has 5 nitrogen and oxygen atoms in total. The highest BCUT2D eigenvalue weighted by Crippen LogP contribution is 2.46. The van der Waals surface area contributed by atoms with Gasteiger partial charge >= 0.3 is 0 Å². The first-order valence-electron chi connectivity index (χ1n) is 6.03. The molecule has 1 aromatic carbocycles. The molecule has 1 aliphatic carbocycles. The van der Waals surface area contributed by atoms with Crippen molar-refractivity contribution in [2.24, 2.45) is 22.2 Å². The minimum atomic E-state index is -0.895. The third kappa shape index (κ3) is 2.51. The van der Waals surface area contributed by atoms with Crippen LogP contribution in [0.4, 0.5) is 5.69 Å². The lowest BCUT2D eigenvalue weighted by Crippen LogP contribution is -2.54. The fourth-order valence-corrected chi connectivity index (χ4v) is 2.65. The number of nitrogens with zero attached hydrogens (tertiary/aromatic N) is 1. The summed E-state index contributed by atoms with van der Waals surface area (Å²) >= 11 is 5.78. The second-order valence-corrected chi connectivity index (χ2v) is 5.48. The van der Waals surface area contributed by atoms with Crippen molar-refractivity contribution in [2.45, 2.75) is 19.8 Å². The predicted molar refractivity (Wildman–Crippen MR) is 74.3 cm³/mol. The Bertz CT molecular complexity index is 507. The Morgan fingerprint density at radius 1 is 1.47 bits per heavy atom. The van der Waals surface area contributed by atoms with Gasteiger partial charge in [-0.2, -0.15) is 0 Å². The van der Waals surface area contributed by atoms with E-state index in [2.05, 4.69) is 10.5 Å². The highest BCUT2D eigenvalue weighted by atomic mass is 35.5. The van der Waals surface area contributed by atoms with Gasteiger partial charge in [-0.3, -0.25) is 4.79 Å². The van der Waals surface area contributed by atoms with Crippen molar-refractivity contribution in [3.8, 4) is 0 Å². The zero-order valence-corrected chi connectivity index (χ0v) is 11.3. The number of nitrogens with one attached hydrogen (secondary N) is 1. The molecule has 0 unspecified atom stereocenters. The first-order valence-corrected chi connectivity index (χ1v) is 6.41. The summed E-state index contributed by atoms with van der Waals surface area (Å²) in [5, 5.41) is 15.2. The Labute approximate surface area is 116 Å². The van der Waals surface area contributed by atoms with Gasteiger partial charge in [0.1, 0.15) is 5.41 Å². The number of carbonyl (C=O) groups excluding carboxylic acids is 1. The predicted octanol–water partition coefficient (Wildman–Crippen LogP) is 2.44. The van der Waals surface area contributed by atoms with E-state index in [4.69, 9.17) is 22.5 Å². The maximum atomic E-state index is 12.3. The van der Waals surface area contributed by atoms with Crippen molar-refractivity contribution in [1.82, 2.24) is 0 Å². The zero-order chi connectivity index (χ0) is 14.0. The number of hydrogen-bond acceptors (Lipinski definition) is 3. The van der Waals surface area contributed by atoms with E-state index in [1.165, 1.54) is 0 Å². The normalized spacial score (nSPS) is 26.6. The number of hydrogen-bond donors (Lipinski definition) is 3. The molecule has 2 rings (SSSR count). The largest absolute Gasteiger partial charge is 0.409 e. The molecule has 1 aromatic rings. The fourth-order valence-electron chi connectivity index (χ4n) is 2.52. The molecule has 1 saturated carbocycles. The molecule has 19 heavy (non-hydrogen) atoms. The van der Waals surface area contributed by atoms with E-state index in [0.717, 1.165) is 0 Å². The summed E-state index contributed by atoms with van der Waals surface area (Å²) < 4.78 is 0. The third-order valence-electron chi connectivity index (χ3n) is 3.53. The van der Waals surface area contributed by atoms with Gasteiger partial charge in [0, 0.05) is 10.7 Å². The second-order valence-electron chi connectivity index (χ2n) is 5.04. The maximum absolute atomic E-state index is 12.3. The smallest absolute Gasteiger partial charge is 0.238 e. The molecule has 0 atom stereocenters. The van der Waals surface area contributed by atoms with E-state index >= 15 is 0 Å². The molecule has 1 amide bonds. The molecule has 1 aliphatic rings. The number of amidine groups is 1. The standard InChI is InChI=1S/C13H16ClN3O2/c1-8-6-13(7-8,11(15)17-19)12(18)16-10-4-2-9(14)3-5-10/h2-5,8,19H,6-7H2,1H3,(H2,15,17)(H,16,18). The average molecular weight is 282 g/mol. The molecule has 0 heterocycles. The van der Waals surface area contributed by atoms with E-state index in [1.54, 1.807) is 24.3 Å². The molecule has 4 N–H and O–H groups in total. The molecule has 0 aromatic heterocycles. The van der Waals surface area contributed by atoms with Crippen molar-refractivity contribution < 1.29 is 10.0 Å². The van der Waals surface area contributed by atoms with Gasteiger partial charge in [-0.05, 0) is 43.0 Å². The summed E-state index contributed by atoms with van der Waals surface area (Å²) in [6.45, 7) is 2.03. The molecule has 0 radical (unpaired) electrons. The summed E-state index contributed by atoms with van der Waals surface area (Å²) in [6, 6.07) is 6.80. The van der Waals surface area contributed by atoms with Gasteiger partial charge in [0.05, 0.1) is 0 Å². The first kappa shape index (κ1) is 13.7. The van der Waals surface area contributed by atoms with Crippen LogP contribution in [0, 0.1) is 11.3 Å². The summed E-state index contributed by atoms with van der Waals surface area (Å²) in [5.74, 6) is 0.108. The van der Waals surface area contributed by atoms with E-state index in [1.807, 2.05) is 6.92 Å². The summed E-state index contributed by atoms with van der Waals surface area (Å²) in [7, 11) is 0. The molecule has 6 heteroatoms. The zero-order valence-electron chi connectivity index (χ0n) is 10.6. The monoisotopic (exact) mass is 281 g/mol. The van der Waals surface area contributed by atoms with Gasteiger partial charge in [-0.25, -0.2) is 0 Å². The van der Waals surface area contributed by atoms with E-state index in [9.17, 15) is 4.79 Å². The van der Waals surface area contributed by atoms with Crippen LogP contribution < -0.4 is 11.1 Å². The van der Waals surface area contributed by atoms with Crippen LogP contribution in [0.3, 0.4) is 0 Å². The highest BCUT2D eigenvalue weighted by Gasteiger charge is 2.52. The molecule has 1 fully saturated rings. The third-order valence-corrected chi connectivity index (χ3v) is 3.78. The van der Waals surface area contributed by atoms with Gasteiger partial charge in [0.15, 0.2) is 5.84 Å². The van der Waals surface area contributed by atoms with Crippen LogP contribution in [0.15, 0.2) is 29.4 Å². The molecular weight excluding hydrogens is 266 g/mol. The van der Waals surface area contributed by atoms with Gasteiger partial charge in [-0.1, -0.05) is 23.7 Å². The molecule has 0 saturated heterocycles. The lowest BCUT2D eigenvalue weighted by molar-refractivity contribution is -0.127. The van der Waals surface area contributed by atoms with Crippen LogP contribution in [-0.2, 0) is 4.79 Å². The number of oxime groups is 1. The Kier molecular flexibility index (Phi) is 3.66. The number of nitrogens with two attached hydrogens (primary N) is 1. The topological polar surface area (TPSA) is 87.7 Å². The van der Waals surface area contributed by atoms with Gasteiger partial charge in [0.25, 0.3) is 0 Å². The number of halogens is 1. The molecule has 0 aliphatic heterocycles. The van der Waals surface area contributed by atoms with Crippen molar-refractivity contribution in [2.75, 3.05) is 5.32 Å². The lowest BCUT2D eigenvalue weighted by Gasteiger charge is -2.43.